The van der Waals surface area contributed by atoms with Crippen molar-refractivity contribution in [2.24, 2.45) is 0 Å². The Morgan fingerprint density at radius 2 is 1.83 bits per heavy atom. The largest absolute Gasteiger partial charge is 0.482 e. The number of hydrogen-bond acceptors (Lipinski definition) is 5. The smallest absolute Gasteiger partial charge is 0.260 e. The fraction of sp³-hybridized carbons (Fsp3) is 0.333. The average Bonchev–Trinajstić information content (AvgIpc) is 2.74. The van der Waals surface area contributed by atoms with Crippen LogP contribution in [0.25, 0.3) is 0 Å². The molecule has 1 aliphatic rings. The number of morpholine rings is 1. The minimum atomic E-state index is -0.317. The highest BCUT2D eigenvalue weighted by Gasteiger charge is 2.15. The highest BCUT2D eigenvalue weighted by molar-refractivity contribution is 6.32. The number of likely N-dealkylation sites (N-methyl/N-ethyl adjacent to an activating group) is 1. The summed E-state index contributed by atoms with van der Waals surface area (Å²) in [6.07, 6.45) is 0. The lowest BCUT2D eigenvalue weighted by molar-refractivity contribution is -0.135. The molecule has 0 unspecified atom stereocenters. The maximum atomic E-state index is 12.2. The molecule has 1 heterocycles. The quantitative estimate of drug-likeness (QED) is 0.750. The summed E-state index contributed by atoms with van der Waals surface area (Å²) in [5.41, 5.74) is 1.77. The van der Waals surface area contributed by atoms with Crippen LogP contribution in [0.5, 0.6) is 5.75 Å². The SMILES string of the molecule is CN(CC(=O)Nc1ccc(N2CCOCC2)cc1)C(=O)COc1ccccc1Cl. The van der Waals surface area contributed by atoms with Gasteiger partial charge in [0.05, 0.1) is 24.8 Å². The first-order valence-corrected chi connectivity index (χ1v) is 9.74. The molecule has 0 aromatic heterocycles. The second-order valence-electron chi connectivity index (χ2n) is 6.66. The van der Waals surface area contributed by atoms with Crippen LogP contribution in [0.1, 0.15) is 0 Å². The molecule has 2 aromatic rings. The Morgan fingerprint density at radius 1 is 1.14 bits per heavy atom. The summed E-state index contributed by atoms with van der Waals surface area (Å²) in [5, 5.41) is 3.23. The molecule has 0 aliphatic carbocycles. The lowest BCUT2D eigenvalue weighted by atomic mass is 10.2. The molecular formula is C21H24ClN3O4. The van der Waals surface area contributed by atoms with E-state index in [9.17, 15) is 9.59 Å². The molecule has 1 N–H and O–H groups in total. The predicted octanol–water partition coefficient (Wildman–Crippen LogP) is 2.65. The van der Waals surface area contributed by atoms with E-state index in [2.05, 4.69) is 10.2 Å². The van der Waals surface area contributed by atoms with E-state index in [1.165, 1.54) is 4.90 Å². The number of carbonyl (C=O) groups is 2. The van der Waals surface area contributed by atoms with Crippen molar-refractivity contribution in [3.8, 4) is 5.75 Å². The molecule has 29 heavy (non-hydrogen) atoms. The molecule has 1 aliphatic heterocycles. The van der Waals surface area contributed by atoms with Gasteiger partial charge in [-0.3, -0.25) is 9.59 Å². The highest BCUT2D eigenvalue weighted by atomic mass is 35.5. The third kappa shape index (κ3) is 6.10. The van der Waals surface area contributed by atoms with Gasteiger partial charge in [0.2, 0.25) is 5.91 Å². The number of para-hydroxylation sites is 1. The van der Waals surface area contributed by atoms with Crippen LogP contribution in [0.2, 0.25) is 5.02 Å². The molecule has 0 spiro atoms. The van der Waals surface area contributed by atoms with Gasteiger partial charge in [0.15, 0.2) is 6.61 Å². The highest BCUT2D eigenvalue weighted by Crippen LogP contribution is 2.23. The van der Waals surface area contributed by atoms with Crippen molar-refractivity contribution in [2.45, 2.75) is 0 Å². The Labute approximate surface area is 175 Å². The summed E-state index contributed by atoms with van der Waals surface area (Å²) < 4.78 is 10.8. The number of anilines is 2. The Morgan fingerprint density at radius 3 is 2.52 bits per heavy atom. The zero-order chi connectivity index (χ0) is 20.6. The van der Waals surface area contributed by atoms with Crippen LogP contribution in [-0.4, -0.2) is 63.2 Å². The number of amides is 2. The summed E-state index contributed by atoms with van der Waals surface area (Å²) >= 11 is 6.00. The van der Waals surface area contributed by atoms with E-state index in [1.807, 2.05) is 24.3 Å². The summed E-state index contributed by atoms with van der Waals surface area (Å²) in [5.74, 6) is -0.166. The number of carbonyl (C=O) groups excluding carboxylic acids is 2. The van der Waals surface area contributed by atoms with E-state index in [1.54, 1.807) is 31.3 Å². The van der Waals surface area contributed by atoms with Gasteiger partial charge in [0, 0.05) is 31.5 Å². The van der Waals surface area contributed by atoms with Crippen molar-refractivity contribution in [3.63, 3.8) is 0 Å². The average molecular weight is 418 g/mol. The van der Waals surface area contributed by atoms with Crippen molar-refractivity contribution in [1.29, 1.82) is 0 Å². The molecule has 0 bridgehead atoms. The number of hydrogen-bond donors (Lipinski definition) is 1. The van der Waals surface area contributed by atoms with E-state index >= 15 is 0 Å². The number of rotatable bonds is 7. The van der Waals surface area contributed by atoms with Crippen LogP contribution in [0, 0.1) is 0 Å². The van der Waals surface area contributed by atoms with E-state index in [0.29, 0.717) is 16.5 Å². The van der Waals surface area contributed by atoms with Gasteiger partial charge < -0.3 is 24.6 Å². The first-order valence-electron chi connectivity index (χ1n) is 9.37. The van der Waals surface area contributed by atoms with Crippen molar-refractivity contribution in [3.05, 3.63) is 53.6 Å². The summed E-state index contributed by atoms with van der Waals surface area (Å²) in [6, 6.07) is 14.6. The normalized spacial score (nSPS) is 13.7. The monoisotopic (exact) mass is 417 g/mol. The summed E-state index contributed by atoms with van der Waals surface area (Å²) in [6.45, 7) is 2.89. The molecule has 8 heteroatoms. The van der Waals surface area contributed by atoms with Crippen LogP contribution in [-0.2, 0) is 14.3 Å². The van der Waals surface area contributed by atoms with Crippen molar-refractivity contribution >= 4 is 34.8 Å². The minimum Gasteiger partial charge on any atom is -0.482 e. The predicted molar refractivity (Wildman–Crippen MR) is 113 cm³/mol. The topological polar surface area (TPSA) is 71.1 Å². The Hall–Kier alpha value is -2.77. The van der Waals surface area contributed by atoms with Gasteiger partial charge in [-0.15, -0.1) is 0 Å². The molecule has 1 fully saturated rings. The van der Waals surface area contributed by atoms with Crippen LogP contribution in [0.3, 0.4) is 0 Å². The lowest BCUT2D eigenvalue weighted by Gasteiger charge is -2.28. The number of halogens is 1. The molecular weight excluding hydrogens is 394 g/mol. The lowest BCUT2D eigenvalue weighted by Crippen LogP contribution is -2.37. The second-order valence-corrected chi connectivity index (χ2v) is 7.07. The first-order chi connectivity index (χ1) is 14.0. The molecule has 7 nitrogen and oxygen atoms in total. The second kappa shape index (κ2) is 10.1. The van der Waals surface area contributed by atoms with Gasteiger partial charge in [-0.25, -0.2) is 0 Å². The van der Waals surface area contributed by atoms with E-state index < -0.39 is 0 Å². The number of ether oxygens (including phenoxy) is 2. The number of nitrogens with one attached hydrogen (secondary N) is 1. The van der Waals surface area contributed by atoms with Crippen LogP contribution in [0.15, 0.2) is 48.5 Å². The Balaban J connectivity index is 1.45. The molecule has 2 aromatic carbocycles. The van der Waals surface area contributed by atoms with Crippen LogP contribution < -0.4 is 15.0 Å². The van der Waals surface area contributed by atoms with E-state index in [4.69, 9.17) is 21.1 Å². The Bertz CT molecular complexity index is 838. The summed E-state index contributed by atoms with van der Waals surface area (Å²) in [7, 11) is 1.55. The third-order valence-electron chi connectivity index (χ3n) is 4.52. The maximum absolute atomic E-state index is 12.2. The maximum Gasteiger partial charge on any atom is 0.260 e. The minimum absolute atomic E-state index is 0.0735. The molecule has 0 radical (unpaired) electrons. The van der Waals surface area contributed by atoms with Crippen LogP contribution >= 0.6 is 11.6 Å². The fourth-order valence-corrected chi connectivity index (χ4v) is 3.08. The first kappa shape index (κ1) is 21.0. The molecule has 1 saturated heterocycles. The van der Waals surface area contributed by atoms with Gasteiger partial charge in [0.25, 0.3) is 5.91 Å². The zero-order valence-corrected chi connectivity index (χ0v) is 17.0. The molecule has 2 amide bonds. The van der Waals surface area contributed by atoms with Gasteiger partial charge in [-0.1, -0.05) is 23.7 Å². The van der Waals surface area contributed by atoms with E-state index in [-0.39, 0.29) is 25.0 Å². The molecule has 0 atom stereocenters. The summed E-state index contributed by atoms with van der Waals surface area (Å²) in [4.78, 5) is 28.0. The Kier molecular flexibility index (Phi) is 7.32. The van der Waals surface area contributed by atoms with E-state index in [0.717, 1.165) is 32.0 Å². The van der Waals surface area contributed by atoms with Crippen LogP contribution in [0.4, 0.5) is 11.4 Å². The van der Waals surface area contributed by atoms with Gasteiger partial charge >= 0.3 is 0 Å². The molecule has 154 valence electrons. The van der Waals surface area contributed by atoms with Gasteiger partial charge in [0.1, 0.15) is 5.75 Å². The van der Waals surface area contributed by atoms with Gasteiger partial charge in [-0.05, 0) is 36.4 Å². The van der Waals surface area contributed by atoms with Gasteiger partial charge in [-0.2, -0.15) is 0 Å². The third-order valence-corrected chi connectivity index (χ3v) is 4.83. The molecule has 0 saturated carbocycles. The molecule has 3 rings (SSSR count). The van der Waals surface area contributed by atoms with Crippen molar-refractivity contribution in [2.75, 3.05) is 56.7 Å². The fourth-order valence-electron chi connectivity index (χ4n) is 2.89. The van der Waals surface area contributed by atoms with Crippen molar-refractivity contribution in [1.82, 2.24) is 4.90 Å². The van der Waals surface area contributed by atoms with Crippen molar-refractivity contribution < 1.29 is 19.1 Å². The zero-order valence-electron chi connectivity index (χ0n) is 16.3. The number of nitrogens with zero attached hydrogens (tertiary/aromatic N) is 2. The standard InChI is InChI=1S/C21H24ClN3O4/c1-24(21(27)15-29-19-5-3-2-4-18(19)22)14-20(26)23-16-6-8-17(9-7-16)25-10-12-28-13-11-25/h2-9H,10-15H2,1H3,(H,23,26). The number of benzene rings is 2.